The third kappa shape index (κ3) is 3.05. The summed E-state index contributed by atoms with van der Waals surface area (Å²) in [5.41, 5.74) is 1.12. The summed E-state index contributed by atoms with van der Waals surface area (Å²) < 4.78 is 12.2. The van der Waals surface area contributed by atoms with Gasteiger partial charge in [-0.1, -0.05) is 0 Å². The van der Waals surface area contributed by atoms with Crippen LogP contribution in [-0.2, 0) is 16.1 Å². The van der Waals surface area contributed by atoms with Crippen LogP contribution in [0.25, 0.3) is 0 Å². The number of esters is 1. The fourth-order valence-corrected chi connectivity index (χ4v) is 3.23. The molecule has 0 spiro atoms. The van der Waals surface area contributed by atoms with Crippen molar-refractivity contribution in [2.24, 2.45) is 0 Å². The van der Waals surface area contributed by atoms with Gasteiger partial charge in [0.05, 0.1) is 15.6 Å². The first-order valence-electron chi connectivity index (χ1n) is 5.57. The quantitative estimate of drug-likeness (QED) is 0.818. The molecule has 1 aliphatic rings. The molecule has 1 saturated heterocycles. The van der Waals surface area contributed by atoms with Crippen LogP contribution in [-0.4, -0.2) is 25.7 Å². The summed E-state index contributed by atoms with van der Waals surface area (Å²) in [6, 6.07) is 3.94. The number of hydrogen-bond donors (Lipinski definition) is 1. The van der Waals surface area contributed by atoms with Crippen molar-refractivity contribution in [3.8, 4) is 5.75 Å². The summed E-state index contributed by atoms with van der Waals surface area (Å²) in [5, 5.41) is 3.08. The molecule has 1 aliphatic heterocycles. The highest BCUT2D eigenvalue weighted by Crippen LogP contribution is 2.36. The summed E-state index contributed by atoms with van der Waals surface area (Å²) in [6.07, 6.45) is 0.0865. The van der Waals surface area contributed by atoms with Crippen molar-refractivity contribution >= 4 is 37.8 Å². The van der Waals surface area contributed by atoms with E-state index in [9.17, 15) is 4.79 Å². The maximum Gasteiger partial charge on any atom is 0.347 e. The molecule has 0 bridgehead atoms. The highest BCUT2D eigenvalue weighted by atomic mass is 79.9. The van der Waals surface area contributed by atoms with Gasteiger partial charge in [0, 0.05) is 13.0 Å². The molecule has 1 aromatic rings. The second-order valence-corrected chi connectivity index (χ2v) is 5.69. The van der Waals surface area contributed by atoms with E-state index in [-0.39, 0.29) is 5.97 Å². The molecule has 1 fully saturated rings. The molecule has 1 N–H and O–H groups in total. The molecule has 1 atom stereocenters. The first-order valence-corrected chi connectivity index (χ1v) is 7.16. The maximum absolute atomic E-state index is 11.4. The number of halogens is 2. The summed E-state index contributed by atoms with van der Waals surface area (Å²) in [6.45, 7) is 1.19. The molecule has 0 aromatic heterocycles. The molecule has 6 heteroatoms. The number of cyclic esters (lactones) is 1. The van der Waals surface area contributed by atoms with Crippen LogP contribution < -0.4 is 10.1 Å². The Morgan fingerprint density at radius 3 is 2.61 bits per heavy atom. The van der Waals surface area contributed by atoms with Crippen molar-refractivity contribution in [3.63, 3.8) is 0 Å². The van der Waals surface area contributed by atoms with Gasteiger partial charge in [0.15, 0.2) is 6.10 Å². The average Bonchev–Trinajstić information content (AvgIpc) is 2.70. The monoisotopic (exact) mass is 377 g/mol. The van der Waals surface area contributed by atoms with E-state index in [4.69, 9.17) is 9.47 Å². The predicted octanol–water partition coefficient (Wildman–Crippen LogP) is 2.63. The average molecular weight is 379 g/mol. The molecule has 0 radical (unpaired) electrons. The lowest BCUT2D eigenvalue weighted by atomic mass is 10.2. The van der Waals surface area contributed by atoms with E-state index in [0.29, 0.717) is 18.8 Å². The number of carbonyl (C=O) groups excluding carboxylic acids is 1. The van der Waals surface area contributed by atoms with Crippen LogP contribution in [0.2, 0.25) is 0 Å². The Bertz CT molecular complexity index is 442. The fourth-order valence-electron chi connectivity index (χ4n) is 1.76. The van der Waals surface area contributed by atoms with Crippen LogP contribution in [0.1, 0.15) is 12.0 Å². The van der Waals surface area contributed by atoms with Crippen LogP contribution in [0.15, 0.2) is 21.1 Å². The third-order valence-electron chi connectivity index (χ3n) is 2.59. The standard InChI is InChI=1S/C12H13Br2NO3/c1-15-6-7-4-8(13)11(9(14)5-7)18-10-2-3-17-12(10)16/h4-5,10,15H,2-3,6H2,1H3. The highest BCUT2D eigenvalue weighted by molar-refractivity contribution is 9.11. The van der Waals surface area contributed by atoms with Crippen LogP contribution in [0.5, 0.6) is 5.75 Å². The van der Waals surface area contributed by atoms with E-state index in [1.165, 1.54) is 0 Å². The molecule has 4 nitrogen and oxygen atoms in total. The zero-order valence-electron chi connectivity index (χ0n) is 9.83. The summed E-state index contributed by atoms with van der Waals surface area (Å²) >= 11 is 6.92. The zero-order valence-corrected chi connectivity index (χ0v) is 13.0. The molecular weight excluding hydrogens is 366 g/mol. The Kier molecular flexibility index (Phi) is 4.64. The van der Waals surface area contributed by atoms with E-state index >= 15 is 0 Å². The molecule has 0 aliphatic carbocycles. The maximum atomic E-state index is 11.4. The second kappa shape index (κ2) is 6.04. The van der Waals surface area contributed by atoms with Crippen molar-refractivity contribution in [3.05, 3.63) is 26.6 Å². The van der Waals surface area contributed by atoms with Gasteiger partial charge in [0.25, 0.3) is 0 Å². The van der Waals surface area contributed by atoms with Crippen LogP contribution in [0, 0.1) is 0 Å². The molecule has 0 saturated carbocycles. The van der Waals surface area contributed by atoms with Crippen molar-refractivity contribution in [2.75, 3.05) is 13.7 Å². The Morgan fingerprint density at radius 1 is 1.44 bits per heavy atom. The molecule has 1 heterocycles. The van der Waals surface area contributed by atoms with Gasteiger partial charge < -0.3 is 14.8 Å². The predicted molar refractivity (Wildman–Crippen MR) is 74.6 cm³/mol. The zero-order chi connectivity index (χ0) is 13.1. The molecular formula is C12H13Br2NO3. The van der Waals surface area contributed by atoms with Gasteiger partial charge in [-0.25, -0.2) is 4.79 Å². The Morgan fingerprint density at radius 2 is 2.11 bits per heavy atom. The Hall–Kier alpha value is -0.590. The number of carbonyl (C=O) groups is 1. The summed E-state index contributed by atoms with van der Waals surface area (Å²) in [4.78, 5) is 11.4. The normalized spacial score (nSPS) is 18.8. The number of nitrogens with one attached hydrogen (secondary N) is 1. The molecule has 1 unspecified atom stereocenters. The molecule has 1 aromatic carbocycles. The second-order valence-electron chi connectivity index (χ2n) is 3.98. The van der Waals surface area contributed by atoms with Gasteiger partial charge in [-0.2, -0.15) is 0 Å². The fraction of sp³-hybridized carbons (Fsp3) is 0.417. The van der Waals surface area contributed by atoms with E-state index in [1.807, 2.05) is 19.2 Å². The largest absolute Gasteiger partial charge is 0.476 e. The lowest BCUT2D eigenvalue weighted by Gasteiger charge is -2.14. The van der Waals surface area contributed by atoms with Gasteiger partial charge >= 0.3 is 5.97 Å². The highest BCUT2D eigenvalue weighted by Gasteiger charge is 2.29. The number of benzene rings is 1. The van der Waals surface area contributed by atoms with Crippen molar-refractivity contribution in [2.45, 2.75) is 19.1 Å². The molecule has 0 amide bonds. The minimum atomic E-state index is -0.507. The van der Waals surface area contributed by atoms with Crippen LogP contribution in [0.4, 0.5) is 0 Å². The topological polar surface area (TPSA) is 47.6 Å². The van der Waals surface area contributed by atoms with E-state index in [2.05, 4.69) is 37.2 Å². The Labute approximate surface area is 122 Å². The van der Waals surface area contributed by atoms with Gasteiger partial charge in [-0.15, -0.1) is 0 Å². The van der Waals surface area contributed by atoms with Crippen molar-refractivity contribution in [1.82, 2.24) is 5.32 Å². The van der Waals surface area contributed by atoms with Crippen LogP contribution in [0.3, 0.4) is 0 Å². The summed E-state index contributed by atoms with van der Waals surface area (Å²) in [5.74, 6) is 0.340. The number of ether oxygens (including phenoxy) is 2. The third-order valence-corrected chi connectivity index (χ3v) is 3.76. The SMILES string of the molecule is CNCc1cc(Br)c(OC2CCOC2=O)c(Br)c1. The van der Waals surface area contributed by atoms with Gasteiger partial charge in [0.1, 0.15) is 5.75 Å². The van der Waals surface area contributed by atoms with Gasteiger partial charge in [0.2, 0.25) is 0 Å². The van der Waals surface area contributed by atoms with Gasteiger partial charge in [-0.05, 0) is 56.6 Å². The number of hydrogen-bond acceptors (Lipinski definition) is 4. The van der Waals surface area contributed by atoms with Crippen molar-refractivity contribution in [1.29, 1.82) is 0 Å². The first-order chi connectivity index (χ1) is 8.61. The van der Waals surface area contributed by atoms with E-state index < -0.39 is 6.10 Å². The number of rotatable bonds is 4. The first kappa shape index (κ1) is 13.8. The van der Waals surface area contributed by atoms with E-state index in [0.717, 1.165) is 21.1 Å². The Balaban J connectivity index is 2.20. The molecule has 2 rings (SSSR count). The van der Waals surface area contributed by atoms with Crippen molar-refractivity contribution < 1.29 is 14.3 Å². The van der Waals surface area contributed by atoms with Gasteiger partial charge in [-0.3, -0.25) is 0 Å². The summed E-state index contributed by atoms with van der Waals surface area (Å²) in [7, 11) is 1.89. The van der Waals surface area contributed by atoms with E-state index in [1.54, 1.807) is 0 Å². The molecule has 18 heavy (non-hydrogen) atoms. The minimum Gasteiger partial charge on any atom is -0.476 e. The lowest BCUT2D eigenvalue weighted by molar-refractivity contribution is -0.143. The smallest absolute Gasteiger partial charge is 0.347 e. The molecule has 98 valence electrons. The minimum absolute atomic E-state index is 0.298. The van der Waals surface area contributed by atoms with Crippen LogP contribution >= 0.6 is 31.9 Å². The lowest BCUT2D eigenvalue weighted by Crippen LogP contribution is -2.22.